The van der Waals surface area contributed by atoms with E-state index in [1.54, 1.807) is 22.2 Å². The summed E-state index contributed by atoms with van der Waals surface area (Å²) in [6, 6.07) is 3.13. The molecule has 2 heterocycles. The number of alkyl halides is 1. The van der Waals surface area contributed by atoms with E-state index in [1.807, 2.05) is 39.1 Å². The van der Waals surface area contributed by atoms with E-state index in [9.17, 15) is 9.59 Å². The van der Waals surface area contributed by atoms with E-state index >= 15 is 0 Å². The summed E-state index contributed by atoms with van der Waals surface area (Å²) in [6.45, 7) is 9.85. The van der Waals surface area contributed by atoms with Gasteiger partial charge in [0, 0.05) is 52.7 Å². The lowest BCUT2D eigenvalue weighted by Crippen LogP contribution is -2.50. The summed E-state index contributed by atoms with van der Waals surface area (Å²) in [4.78, 5) is 36.3. The number of piperazine rings is 1. The molecule has 0 aromatic carbocycles. The number of allylic oxidation sites excluding steroid dienone is 1. The molecule has 1 aromatic rings. The number of fused-ring (bicyclic) bond motifs is 1. The topological polar surface area (TPSA) is 113 Å². The van der Waals surface area contributed by atoms with Gasteiger partial charge in [-0.05, 0) is 60.9 Å². The first-order valence-corrected chi connectivity index (χ1v) is 14.6. The summed E-state index contributed by atoms with van der Waals surface area (Å²) >= 11 is 6.75. The van der Waals surface area contributed by atoms with Crippen molar-refractivity contribution in [1.82, 2.24) is 25.0 Å². The minimum absolute atomic E-state index is 0.104. The highest BCUT2D eigenvalue weighted by atomic mass is 35.5. The first kappa shape index (κ1) is 31.3. The van der Waals surface area contributed by atoms with Crippen LogP contribution >= 0.6 is 11.6 Å². The van der Waals surface area contributed by atoms with Gasteiger partial charge in [0.05, 0.1) is 35.0 Å². The first-order chi connectivity index (χ1) is 20.2. The second-order valence-corrected chi connectivity index (χ2v) is 11.3. The number of carbonyl (C=O) groups excluding carboxylic acids is 2. The molecule has 0 spiro atoms. The van der Waals surface area contributed by atoms with Crippen LogP contribution in [0.3, 0.4) is 0 Å². The molecule has 0 saturated carbocycles. The quantitative estimate of drug-likeness (QED) is 0.416. The molecule has 3 atom stereocenters. The minimum atomic E-state index is -0.615. The van der Waals surface area contributed by atoms with Crippen molar-refractivity contribution in [2.75, 3.05) is 46.9 Å². The van der Waals surface area contributed by atoms with Gasteiger partial charge >= 0.3 is 6.09 Å². The number of likely N-dealkylation sites (N-methyl/N-ethyl adjacent to an activating group) is 1. The molecule has 1 saturated heterocycles. The van der Waals surface area contributed by atoms with Crippen molar-refractivity contribution in [2.24, 2.45) is 5.73 Å². The normalized spacial score (nSPS) is 21.6. The van der Waals surface area contributed by atoms with Crippen molar-refractivity contribution in [2.45, 2.75) is 43.8 Å². The van der Waals surface area contributed by atoms with Gasteiger partial charge < -0.3 is 30.3 Å². The molecule has 11 heteroatoms. The van der Waals surface area contributed by atoms with Gasteiger partial charge in [0.1, 0.15) is 6.61 Å². The molecule has 1 aliphatic heterocycles. The molecule has 0 bridgehead atoms. The number of carbonyl (C=O) groups is 2. The third-order valence-corrected chi connectivity index (χ3v) is 7.93. The highest BCUT2D eigenvalue weighted by Crippen LogP contribution is 2.44. The molecule has 0 radical (unpaired) electrons. The molecular formula is C31H41ClN6O4. The minimum Gasteiger partial charge on any atom is -0.447 e. The Morgan fingerprint density at radius 1 is 1.31 bits per heavy atom. The van der Waals surface area contributed by atoms with Gasteiger partial charge in [0.15, 0.2) is 0 Å². The standard InChI is InChI=1S/C31H41ClN6O4/c1-6-36(4)26(18-33)29(35-27(39)19-41-5)25-16-21-8-7-11-34-28(21)30(23-10-9-22(32)17-24(23)25)37-12-14-38(15-13-37)31(40)42-20(2)3/h6-11,16,18,20,22,29-30H,1,12-15,17,19,33H2,2-5H3,(H,35,39)/b26-18-. The average Bonchev–Trinajstić information content (AvgIpc) is 3.11. The average molecular weight is 597 g/mol. The van der Waals surface area contributed by atoms with Crippen LogP contribution in [0, 0.1) is 0 Å². The Bertz CT molecular complexity index is 1300. The van der Waals surface area contributed by atoms with E-state index in [4.69, 9.17) is 31.8 Å². The van der Waals surface area contributed by atoms with Gasteiger partial charge in [-0.1, -0.05) is 24.8 Å². The number of ether oxygens (including phenoxy) is 2. The van der Waals surface area contributed by atoms with Gasteiger partial charge in [-0.3, -0.25) is 14.7 Å². The van der Waals surface area contributed by atoms with Crippen LogP contribution in [0.15, 0.2) is 71.9 Å². The number of methoxy groups -OCH3 is 1. The highest BCUT2D eigenvalue weighted by molar-refractivity contribution is 6.22. The second-order valence-electron chi connectivity index (χ2n) is 10.8. The van der Waals surface area contributed by atoms with Gasteiger partial charge in [-0.15, -0.1) is 11.6 Å². The predicted molar refractivity (Wildman–Crippen MR) is 164 cm³/mol. The molecule has 2 aliphatic carbocycles. The number of amides is 2. The second kappa shape index (κ2) is 14.0. The van der Waals surface area contributed by atoms with Crippen LogP contribution in [0.25, 0.3) is 6.08 Å². The number of nitrogens with two attached hydrogens (primary N) is 1. The summed E-state index contributed by atoms with van der Waals surface area (Å²) < 4.78 is 10.6. The van der Waals surface area contributed by atoms with Gasteiger partial charge in [-0.25, -0.2) is 4.79 Å². The number of nitrogens with one attached hydrogen (secondary N) is 1. The van der Waals surface area contributed by atoms with Crippen LogP contribution in [-0.4, -0.2) is 96.2 Å². The highest BCUT2D eigenvalue weighted by Gasteiger charge is 2.38. The van der Waals surface area contributed by atoms with Crippen LogP contribution in [-0.2, 0) is 14.3 Å². The summed E-state index contributed by atoms with van der Waals surface area (Å²) in [6.07, 6.45) is 11.2. The van der Waals surface area contributed by atoms with E-state index in [2.05, 4.69) is 28.9 Å². The number of rotatable bonds is 9. The molecule has 3 unspecified atom stereocenters. The van der Waals surface area contributed by atoms with Crippen LogP contribution < -0.4 is 11.1 Å². The molecular weight excluding hydrogens is 556 g/mol. The Hall–Kier alpha value is -3.60. The third-order valence-electron chi connectivity index (χ3n) is 7.63. The summed E-state index contributed by atoms with van der Waals surface area (Å²) in [5.74, 6) is -0.284. The van der Waals surface area contributed by atoms with E-state index in [0.717, 1.165) is 28.0 Å². The molecule has 2 amide bonds. The molecule has 226 valence electrons. The van der Waals surface area contributed by atoms with Gasteiger partial charge in [-0.2, -0.15) is 0 Å². The zero-order valence-corrected chi connectivity index (χ0v) is 25.5. The lowest BCUT2D eigenvalue weighted by atomic mass is 9.84. The van der Waals surface area contributed by atoms with Crippen LogP contribution in [0.4, 0.5) is 4.79 Å². The van der Waals surface area contributed by atoms with Crippen molar-refractivity contribution in [3.63, 3.8) is 0 Å². The molecule has 3 N–H and O–H groups in total. The molecule has 4 rings (SSSR count). The summed E-state index contributed by atoms with van der Waals surface area (Å²) in [5.41, 5.74) is 11.6. The van der Waals surface area contributed by atoms with Gasteiger partial charge in [0.2, 0.25) is 5.91 Å². The maximum Gasteiger partial charge on any atom is 0.410 e. The van der Waals surface area contributed by atoms with Gasteiger partial charge in [0.25, 0.3) is 0 Å². The summed E-state index contributed by atoms with van der Waals surface area (Å²) in [7, 11) is 3.31. The first-order valence-electron chi connectivity index (χ1n) is 14.2. The maximum atomic E-state index is 13.0. The Labute approximate surface area is 253 Å². The Morgan fingerprint density at radius 2 is 2.05 bits per heavy atom. The monoisotopic (exact) mass is 596 g/mol. The summed E-state index contributed by atoms with van der Waals surface area (Å²) in [5, 5.41) is 2.89. The lowest BCUT2D eigenvalue weighted by molar-refractivity contribution is -0.125. The Balaban J connectivity index is 1.82. The fourth-order valence-corrected chi connectivity index (χ4v) is 5.87. The number of nitrogens with zero attached hydrogens (tertiary/aromatic N) is 4. The largest absolute Gasteiger partial charge is 0.447 e. The smallest absolute Gasteiger partial charge is 0.410 e. The SMILES string of the molecule is C=CN(C)/C(=C\N)C(NC(=O)COC)C1=Cc2cccnc2C(N2CCN(C(=O)OC(C)C)CC2)C2=C1CC(Cl)C=C2. The molecule has 3 aliphatic rings. The fraction of sp³-hybridized carbons (Fsp3) is 0.452. The van der Waals surface area contributed by atoms with Crippen molar-refractivity contribution in [1.29, 1.82) is 0 Å². The number of halogens is 1. The Morgan fingerprint density at radius 3 is 2.69 bits per heavy atom. The van der Waals surface area contributed by atoms with Crippen LogP contribution in [0.2, 0.25) is 0 Å². The molecule has 1 fully saturated rings. The zero-order valence-electron chi connectivity index (χ0n) is 24.8. The van der Waals surface area contributed by atoms with Crippen molar-refractivity contribution in [3.05, 3.63) is 83.1 Å². The predicted octanol–water partition coefficient (Wildman–Crippen LogP) is 3.55. The van der Waals surface area contributed by atoms with Crippen molar-refractivity contribution >= 4 is 29.7 Å². The molecule has 1 aromatic heterocycles. The van der Waals surface area contributed by atoms with Crippen LogP contribution in [0.1, 0.15) is 37.6 Å². The van der Waals surface area contributed by atoms with Crippen molar-refractivity contribution < 1.29 is 19.1 Å². The van der Waals surface area contributed by atoms with E-state index in [1.165, 1.54) is 13.3 Å². The number of pyridine rings is 1. The van der Waals surface area contributed by atoms with E-state index in [-0.39, 0.29) is 36.1 Å². The maximum absolute atomic E-state index is 13.0. The fourth-order valence-electron chi connectivity index (χ4n) is 5.65. The number of aromatic nitrogens is 1. The van der Waals surface area contributed by atoms with E-state index in [0.29, 0.717) is 38.3 Å². The molecule has 42 heavy (non-hydrogen) atoms. The third kappa shape index (κ3) is 6.88. The van der Waals surface area contributed by atoms with Crippen molar-refractivity contribution in [3.8, 4) is 0 Å². The zero-order chi connectivity index (χ0) is 30.4. The number of hydrogen-bond acceptors (Lipinski definition) is 8. The Kier molecular flexibility index (Phi) is 10.5. The lowest BCUT2D eigenvalue weighted by Gasteiger charge is -2.40. The van der Waals surface area contributed by atoms with Crippen LogP contribution in [0.5, 0.6) is 0 Å². The molecule has 10 nitrogen and oxygen atoms in total. The number of hydrogen-bond donors (Lipinski definition) is 2. The van der Waals surface area contributed by atoms with E-state index < -0.39 is 6.04 Å².